The van der Waals surface area contributed by atoms with Crippen molar-refractivity contribution in [1.29, 1.82) is 0 Å². The van der Waals surface area contributed by atoms with Crippen LogP contribution in [0.2, 0.25) is 0 Å². The first-order valence-electron chi connectivity index (χ1n) is 11.4. The summed E-state index contributed by atoms with van der Waals surface area (Å²) < 4.78 is 0. The molecular formula is C23H49S+. The van der Waals surface area contributed by atoms with Gasteiger partial charge in [-0.25, -0.2) is 0 Å². The Hall–Kier alpha value is 0.350. The summed E-state index contributed by atoms with van der Waals surface area (Å²) in [7, 11) is 0.705. The first-order chi connectivity index (χ1) is 11.8. The monoisotopic (exact) mass is 357 g/mol. The van der Waals surface area contributed by atoms with Gasteiger partial charge >= 0.3 is 0 Å². The van der Waals surface area contributed by atoms with Crippen LogP contribution in [0, 0.1) is 0 Å². The van der Waals surface area contributed by atoms with E-state index >= 15 is 0 Å². The van der Waals surface area contributed by atoms with Gasteiger partial charge in [0.2, 0.25) is 0 Å². The van der Waals surface area contributed by atoms with Gasteiger partial charge in [-0.1, -0.05) is 110 Å². The third-order valence-electron chi connectivity index (χ3n) is 5.34. The molecule has 0 rings (SSSR count). The molecule has 0 saturated carbocycles. The first kappa shape index (κ1) is 24.4. The number of unbranched alkanes of at least 4 members (excludes halogenated alkanes) is 17. The smallest absolute Gasteiger partial charge is 0.0654 e. The van der Waals surface area contributed by atoms with Crippen LogP contribution in [0.1, 0.15) is 129 Å². The van der Waals surface area contributed by atoms with E-state index < -0.39 is 0 Å². The maximum Gasteiger partial charge on any atom is 0.107 e. The van der Waals surface area contributed by atoms with Gasteiger partial charge in [0.15, 0.2) is 0 Å². The van der Waals surface area contributed by atoms with E-state index in [1.54, 1.807) is 0 Å². The average molecular weight is 358 g/mol. The molecule has 0 spiro atoms. The fraction of sp³-hybridized carbons (Fsp3) is 1.00. The van der Waals surface area contributed by atoms with Gasteiger partial charge in [-0.3, -0.25) is 0 Å². The number of hydrogen-bond donors (Lipinski definition) is 0. The molecule has 1 unspecified atom stereocenters. The lowest BCUT2D eigenvalue weighted by molar-refractivity contribution is 0.526. The number of rotatable bonds is 20. The maximum atomic E-state index is 2.42. The van der Waals surface area contributed by atoms with Gasteiger partial charge in [0.05, 0.1) is 6.26 Å². The van der Waals surface area contributed by atoms with Crippen molar-refractivity contribution in [3.63, 3.8) is 0 Å². The maximum absolute atomic E-state index is 2.42. The summed E-state index contributed by atoms with van der Waals surface area (Å²) in [4.78, 5) is 0. The fourth-order valence-corrected chi connectivity index (χ4v) is 4.38. The van der Waals surface area contributed by atoms with Crippen LogP contribution in [0.4, 0.5) is 0 Å². The van der Waals surface area contributed by atoms with Crippen molar-refractivity contribution in [2.45, 2.75) is 129 Å². The minimum atomic E-state index is 0.705. The SMILES string of the molecule is CCCCCCCCCCCCCCCCCCCC[S+](C)CC. The Balaban J connectivity index is 2.98. The molecule has 146 valence electrons. The van der Waals surface area contributed by atoms with E-state index in [0.29, 0.717) is 10.9 Å². The fourth-order valence-electron chi connectivity index (χ4n) is 3.39. The van der Waals surface area contributed by atoms with Gasteiger partial charge < -0.3 is 0 Å². The minimum Gasteiger partial charge on any atom is -0.0654 e. The van der Waals surface area contributed by atoms with Gasteiger partial charge in [-0.15, -0.1) is 0 Å². The summed E-state index contributed by atoms with van der Waals surface area (Å²) >= 11 is 0. The van der Waals surface area contributed by atoms with Crippen molar-refractivity contribution in [2.75, 3.05) is 17.8 Å². The zero-order chi connectivity index (χ0) is 17.7. The molecule has 0 amide bonds. The van der Waals surface area contributed by atoms with Gasteiger partial charge in [0, 0.05) is 0 Å². The number of hydrogen-bond acceptors (Lipinski definition) is 0. The molecule has 24 heavy (non-hydrogen) atoms. The van der Waals surface area contributed by atoms with Gasteiger partial charge in [0.25, 0.3) is 0 Å². The molecule has 0 fully saturated rings. The standard InChI is InChI=1S/C23H49S/c1-4-6-7-8-9-10-11-12-13-14-15-16-17-18-19-20-21-22-23-24(3)5-2/h4-23H2,1-3H3/q+1. The highest BCUT2D eigenvalue weighted by Gasteiger charge is 2.05. The summed E-state index contributed by atoms with van der Waals surface area (Å²) in [6.07, 6.45) is 29.0. The molecule has 1 heteroatoms. The molecule has 0 heterocycles. The molecule has 0 bridgehead atoms. The average Bonchev–Trinajstić information content (AvgIpc) is 2.60. The van der Waals surface area contributed by atoms with Crippen molar-refractivity contribution in [2.24, 2.45) is 0 Å². The van der Waals surface area contributed by atoms with Crippen LogP contribution in [-0.2, 0) is 10.9 Å². The lowest BCUT2D eigenvalue weighted by Crippen LogP contribution is -2.06. The lowest BCUT2D eigenvalue weighted by atomic mass is 10.0. The Morgan fingerprint density at radius 1 is 0.417 bits per heavy atom. The molecule has 0 nitrogen and oxygen atoms in total. The molecule has 0 N–H and O–H groups in total. The van der Waals surface area contributed by atoms with Crippen molar-refractivity contribution < 1.29 is 0 Å². The quantitative estimate of drug-likeness (QED) is 0.152. The normalized spacial score (nSPS) is 12.6. The molecule has 0 saturated heterocycles. The van der Waals surface area contributed by atoms with E-state index in [2.05, 4.69) is 20.1 Å². The predicted molar refractivity (Wildman–Crippen MR) is 117 cm³/mol. The van der Waals surface area contributed by atoms with E-state index in [9.17, 15) is 0 Å². The van der Waals surface area contributed by atoms with Crippen LogP contribution < -0.4 is 0 Å². The largest absolute Gasteiger partial charge is 0.107 e. The van der Waals surface area contributed by atoms with Crippen molar-refractivity contribution in [3.05, 3.63) is 0 Å². The van der Waals surface area contributed by atoms with Crippen molar-refractivity contribution >= 4 is 10.9 Å². The van der Waals surface area contributed by atoms with Gasteiger partial charge in [-0.2, -0.15) is 0 Å². The van der Waals surface area contributed by atoms with Gasteiger partial charge in [-0.05, 0) is 30.7 Å². The molecule has 0 aromatic carbocycles. The van der Waals surface area contributed by atoms with Crippen molar-refractivity contribution in [3.8, 4) is 0 Å². The zero-order valence-electron chi connectivity index (χ0n) is 17.6. The Kier molecular flexibility index (Phi) is 21.7. The van der Waals surface area contributed by atoms with Crippen molar-refractivity contribution in [1.82, 2.24) is 0 Å². The Morgan fingerprint density at radius 2 is 0.708 bits per heavy atom. The first-order valence-corrected chi connectivity index (χ1v) is 13.4. The van der Waals surface area contributed by atoms with Crippen LogP contribution in [0.15, 0.2) is 0 Å². The molecule has 0 aromatic heterocycles. The Labute approximate surface area is 158 Å². The van der Waals surface area contributed by atoms with Crippen LogP contribution in [0.25, 0.3) is 0 Å². The molecule has 0 aliphatic carbocycles. The Bertz CT molecular complexity index is 214. The van der Waals surface area contributed by atoms with E-state index in [1.807, 2.05) is 0 Å². The van der Waals surface area contributed by atoms with E-state index in [1.165, 1.54) is 127 Å². The highest BCUT2D eigenvalue weighted by atomic mass is 32.2. The van der Waals surface area contributed by atoms with Crippen LogP contribution in [0.5, 0.6) is 0 Å². The summed E-state index contributed by atoms with van der Waals surface area (Å²) in [6, 6.07) is 0. The lowest BCUT2D eigenvalue weighted by Gasteiger charge is -2.04. The summed E-state index contributed by atoms with van der Waals surface area (Å²) in [5.74, 6) is 2.87. The van der Waals surface area contributed by atoms with Gasteiger partial charge in [0.1, 0.15) is 11.5 Å². The molecular weight excluding hydrogens is 308 g/mol. The van der Waals surface area contributed by atoms with E-state index in [4.69, 9.17) is 0 Å². The third-order valence-corrected chi connectivity index (χ3v) is 7.31. The van der Waals surface area contributed by atoms with E-state index in [-0.39, 0.29) is 0 Å². The summed E-state index contributed by atoms with van der Waals surface area (Å²) in [5, 5.41) is 0. The zero-order valence-corrected chi connectivity index (χ0v) is 18.4. The van der Waals surface area contributed by atoms with Crippen LogP contribution in [0.3, 0.4) is 0 Å². The second kappa shape index (κ2) is 21.4. The van der Waals surface area contributed by atoms with Crippen LogP contribution >= 0.6 is 0 Å². The molecule has 0 aliphatic heterocycles. The topological polar surface area (TPSA) is 0 Å². The highest BCUT2D eigenvalue weighted by molar-refractivity contribution is 7.96. The molecule has 0 aliphatic rings. The minimum absolute atomic E-state index is 0.705. The van der Waals surface area contributed by atoms with E-state index in [0.717, 1.165) is 0 Å². The second-order valence-electron chi connectivity index (χ2n) is 7.78. The Morgan fingerprint density at radius 3 is 1.00 bits per heavy atom. The molecule has 0 radical (unpaired) electrons. The van der Waals surface area contributed by atoms with Crippen LogP contribution in [-0.4, -0.2) is 17.8 Å². The third kappa shape index (κ3) is 20.4. The highest BCUT2D eigenvalue weighted by Crippen LogP contribution is 2.14. The predicted octanol–water partition coefficient (Wildman–Crippen LogP) is 8.30. The summed E-state index contributed by atoms with van der Waals surface area (Å²) in [6.45, 7) is 4.63. The second-order valence-corrected chi connectivity index (χ2v) is 10.3. The molecule has 1 atom stereocenters. The summed E-state index contributed by atoms with van der Waals surface area (Å²) in [5.41, 5.74) is 0. The molecule has 0 aromatic rings.